The number of hydrogen-bond donors (Lipinski definition) is 1. The number of hydrogen-bond acceptors (Lipinski definition) is 3. The number of nitrogens with zero attached hydrogens (tertiary/aromatic N) is 3. The maximum atomic E-state index is 15.2. The van der Waals surface area contributed by atoms with Gasteiger partial charge >= 0.3 is 5.69 Å². The second-order valence-electron chi connectivity index (χ2n) is 8.60. The van der Waals surface area contributed by atoms with E-state index in [0.29, 0.717) is 28.0 Å². The molecule has 1 aliphatic rings. The van der Waals surface area contributed by atoms with Gasteiger partial charge in [0.2, 0.25) is 0 Å². The standard InChI is InChI=1S/C27H20F2N4O2/c1-31-24-20(26(34)32(2)27(31)35)23(15-9-4-3-5-10-15)33-19-14-7-6-13-18(19)30-22(25(24)33)16-11-8-12-17(28)21(16)29/h3-14,22,30H,1-2H3/t22-/m0/s1. The Morgan fingerprint density at radius 1 is 0.829 bits per heavy atom. The third-order valence-electron chi connectivity index (χ3n) is 6.67. The molecule has 1 aliphatic heterocycles. The summed E-state index contributed by atoms with van der Waals surface area (Å²) in [5.74, 6) is -1.96. The molecule has 6 nitrogen and oxygen atoms in total. The van der Waals surface area contributed by atoms with Crippen molar-refractivity contribution in [1.82, 2.24) is 13.7 Å². The van der Waals surface area contributed by atoms with Crippen LogP contribution in [0.25, 0.3) is 27.8 Å². The molecule has 0 bridgehead atoms. The summed E-state index contributed by atoms with van der Waals surface area (Å²) in [7, 11) is 3.02. The minimum Gasteiger partial charge on any atom is -0.371 e. The fraction of sp³-hybridized carbons (Fsp3) is 0.111. The number of anilines is 1. The van der Waals surface area contributed by atoms with Crippen LogP contribution in [0.15, 0.2) is 82.4 Å². The van der Waals surface area contributed by atoms with Crippen LogP contribution in [0.2, 0.25) is 0 Å². The molecule has 8 heteroatoms. The Balaban J connectivity index is 1.88. The molecule has 0 saturated heterocycles. The average molecular weight is 470 g/mol. The molecular formula is C27H20F2N4O2. The molecule has 0 amide bonds. The Labute approximate surface area is 198 Å². The highest BCUT2D eigenvalue weighted by Gasteiger charge is 2.36. The zero-order chi connectivity index (χ0) is 24.4. The number of benzene rings is 3. The first kappa shape index (κ1) is 21.1. The van der Waals surface area contributed by atoms with E-state index < -0.39 is 28.9 Å². The molecule has 1 N–H and O–H groups in total. The van der Waals surface area contributed by atoms with Gasteiger partial charge in [-0.1, -0.05) is 54.6 Å². The Morgan fingerprint density at radius 2 is 1.54 bits per heavy atom. The van der Waals surface area contributed by atoms with E-state index in [-0.39, 0.29) is 5.56 Å². The van der Waals surface area contributed by atoms with Gasteiger partial charge < -0.3 is 9.88 Å². The second kappa shape index (κ2) is 7.53. The summed E-state index contributed by atoms with van der Waals surface area (Å²) >= 11 is 0. The fourth-order valence-corrected chi connectivity index (χ4v) is 5.06. The van der Waals surface area contributed by atoms with Gasteiger partial charge in [-0.05, 0) is 23.8 Å². The SMILES string of the molecule is Cn1c(=O)c2c(-c3ccccc3)n3c(c2n(C)c1=O)[C@H](c1cccc(F)c1F)Nc1ccccc1-3. The van der Waals surface area contributed by atoms with E-state index in [1.807, 2.05) is 59.2 Å². The van der Waals surface area contributed by atoms with Gasteiger partial charge in [-0.2, -0.15) is 0 Å². The highest BCUT2D eigenvalue weighted by molar-refractivity contribution is 5.99. The summed E-state index contributed by atoms with van der Waals surface area (Å²) in [5, 5.41) is 3.65. The molecule has 0 fully saturated rings. The van der Waals surface area contributed by atoms with Gasteiger partial charge in [-0.15, -0.1) is 0 Å². The van der Waals surface area contributed by atoms with Crippen LogP contribution in [0, 0.1) is 11.6 Å². The molecule has 3 aromatic carbocycles. The number of rotatable bonds is 2. The van der Waals surface area contributed by atoms with Gasteiger partial charge in [0, 0.05) is 19.7 Å². The summed E-state index contributed by atoms with van der Waals surface area (Å²) in [5.41, 5.74) is 2.73. The van der Waals surface area contributed by atoms with Crippen molar-refractivity contribution in [3.05, 3.63) is 117 Å². The molecule has 35 heavy (non-hydrogen) atoms. The van der Waals surface area contributed by atoms with Crippen LogP contribution in [0.1, 0.15) is 17.3 Å². The van der Waals surface area contributed by atoms with Gasteiger partial charge in [0.25, 0.3) is 5.56 Å². The molecule has 0 saturated carbocycles. The number of aromatic nitrogens is 3. The van der Waals surface area contributed by atoms with Crippen molar-refractivity contribution in [2.24, 2.45) is 14.1 Å². The first-order valence-corrected chi connectivity index (χ1v) is 11.1. The number of fused-ring (bicyclic) bond motifs is 5. The van der Waals surface area contributed by atoms with Gasteiger partial charge in [-0.3, -0.25) is 13.9 Å². The smallest absolute Gasteiger partial charge is 0.331 e. The van der Waals surface area contributed by atoms with Gasteiger partial charge in [0.05, 0.1) is 39.7 Å². The largest absolute Gasteiger partial charge is 0.371 e. The van der Waals surface area contributed by atoms with Gasteiger partial charge in [0.15, 0.2) is 11.6 Å². The first-order chi connectivity index (χ1) is 16.9. The molecule has 174 valence electrons. The van der Waals surface area contributed by atoms with Crippen molar-refractivity contribution < 1.29 is 8.78 Å². The predicted molar refractivity (Wildman–Crippen MR) is 131 cm³/mol. The first-order valence-electron chi connectivity index (χ1n) is 11.1. The van der Waals surface area contributed by atoms with Crippen molar-refractivity contribution in [2.45, 2.75) is 6.04 Å². The second-order valence-corrected chi connectivity index (χ2v) is 8.60. The van der Waals surface area contributed by atoms with Crippen LogP contribution in [-0.4, -0.2) is 13.7 Å². The predicted octanol–water partition coefficient (Wildman–Crippen LogP) is 4.49. The van der Waals surface area contributed by atoms with Crippen LogP contribution in [0.5, 0.6) is 0 Å². The lowest BCUT2D eigenvalue weighted by Gasteiger charge is -2.31. The molecule has 6 rings (SSSR count). The minimum absolute atomic E-state index is 0.0768. The molecular weight excluding hydrogens is 450 g/mol. The van der Waals surface area contributed by atoms with Crippen molar-refractivity contribution in [1.29, 1.82) is 0 Å². The summed E-state index contributed by atoms with van der Waals surface area (Å²) in [6.07, 6.45) is 0. The molecule has 0 unspecified atom stereocenters. The summed E-state index contributed by atoms with van der Waals surface area (Å²) in [4.78, 5) is 26.6. The highest BCUT2D eigenvalue weighted by atomic mass is 19.2. The van der Waals surface area contributed by atoms with Crippen LogP contribution in [0.4, 0.5) is 14.5 Å². The van der Waals surface area contributed by atoms with E-state index in [1.165, 1.54) is 23.7 Å². The van der Waals surface area contributed by atoms with Crippen molar-refractivity contribution in [3.63, 3.8) is 0 Å². The molecule has 2 aromatic heterocycles. The fourth-order valence-electron chi connectivity index (χ4n) is 5.06. The molecule has 0 radical (unpaired) electrons. The summed E-state index contributed by atoms with van der Waals surface area (Å²) < 4.78 is 33.8. The van der Waals surface area contributed by atoms with E-state index >= 15 is 4.39 Å². The lowest BCUT2D eigenvalue weighted by atomic mass is 9.98. The van der Waals surface area contributed by atoms with Crippen LogP contribution in [-0.2, 0) is 14.1 Å². The Morgan fingerprint density at radius 3 is 2.31 bits per heavy atom. The van der Waals surface area contributed by atoms with Crippen molar-refractivity contribution in [3.8, 4) is 16.9 Å². The summed E-state index contributed by atoms with van der Waals surface area (Å²) in [6.45, 7) is 0. The maximum Gasteiger partial charge on any atom is 0.331 e. The Hall–Kier alpha value is -4.46. The Bertz CT molecular complexity index is 1770. The quantitative estimate of drug-likeness (QED) is 0.414. The highest BCUT2D eigenvalue weighted by Crippen LogP contribution is 2.45. The van der Waals surface area contributed by atoms with Crippen LogP contribution < -0.4 is 16.6 Å². The van der Waals surface area contributed by atoms with Crippen molar-refractivity contribution >= 4 is 16.6 Å². The monoisotopic (exact) mass is 470 g/mol. The number of aryl methyl sites for hydroxylation is 1. The topological polar surface area (TPSA) is 61.0 Å². The summed E-state index contributed by atoms with van der Waals surface area (Å²) in [6, 6.07) is 20.0. The van der Waals surface area contributed by atoms with Gasteiger partial charge in [0.1, 0.15) is 0 Å². The molecule has 5 aromatic rings. The maximum absolute atomic E-state index is 15.2. The molecule has 1 atom stereocenters. The number of halogens is 2. The van der Waals surface area contributed by atoms with E-state index in [0.717, 1.165) is 21.9 Å². The average Bonchev–Trinajstić information content (AvgIpc) is 3.24. The molecule has 0 aliphatic carbocycles. The minimum atomic E-state index is -0.986. The van der Waals surface area contributed by atoms with E-state index in [4.69, 9.17) is 0 Å². The third-order valence-corrected chi connectivity index (χ3v) is 6.67. The zero-order valence-corrected chi connectivity index (χ0v) is 18.9. The normalized spacial score (nSPS) is 14.5. The molecule has 3 heterocycles. The Kier molecular flexibility index (Phi) is 4.54. The van der Waals surface area contributed by atoms with E-state index in [1.54, 1.807) is 7.05 Å². The number of nitrogens with one attached hydrogen (secondary N) is 1. The lowest BCUT2D eigenvalue weighted by molar-refractivity contribution is 0.495. The van der Waals surface area contributed by atoms with Crippen molar-refractivity contribution in [2.75, 3.05) is 5.32 Å². The number of para-hydroxylation sites is 2. The van der Waals surface area contributed by atoms with E-state index in [9.17, 15) is 14.0 Å². The van der Waals surface area contributed by atoms with Crippen LogP contribution >= 0.6 is 0 Å². The van der Waals surface area contributed by atoms with E-state index in [2.05, 4.69) is 5.32 Å². The zero-order valence-electron chi connectivity index (χ0n) is 18.9. The van der Waals surface area contributed by atoms with Crippen LogP contribution in [0.3, 0.4) is 0 Å². The van der Waals surface area contributed by atoms with Gasteiger partial charge in [-0.25, -0.2) is 13.6 Å². The third kappa shape index (κ3) is 2.86. The lowest BCUT2D eigenvalue weighted by Crippen LogP contribution is -2.37. The molecule has 0 spiro atoms.